The maximum Gasteiger partial charge on any atom is 0.573 e. The number of carbonyl (C=O) groups excluding carboxylic acids is 2. The van der Waals surface area contributed by atoms with Gasteiger partial charge in [-0.25, -0.2) is 0 Å². The number of amides is 2. The van der Waals surface area contributed by atoms with E-state index in [-0.39, 0.29) is 24.1 Å². The molecule has 2 N–H and O–H groups in total. The Balaban J connectivity index is 1.31. The fourth-order valence-corrected chi connectivity index (χ4v) is 4.56. The highest BCUT2D eigenvalue weighted by Gasteiger charge is 2.40. The zero-order valence-corrected chi connectivity index (χ0v) is 19.0. The molecule has 184 valence electrons. The summed E-state index contributed by atoms with van der Waals surface area (Å²) < 4.78 is 41.0. The smallest absolute Gasteiger partial charge is 0.406 e. The molecular weight excluding hydrogens is 471 g/mol. The Morgan fingerprint density at radius 3 is 2.50 bits per heavy atom. The van der Waals surface area contributed by atoms with Crippen molar-refractivity contribution in [3.63, 3.8) is 0 Å². The summed E-state index contributed by atoms with van der Waals surface area (Å²) in [5, 5.41) is 3.89. The fourth-order valence-electron chi connectivity index (χ4n) is 4.56. The molecule has 0 saturated heterocycles. The van der Waals surface area contributed by atoms with Crippen LogP contribution in [0.15, 0.2) is 79.0 Å². The van der Waals surface area contributed by atoms with Crippen LogP contribution in [0, 0.1) is 0 Å². The average molecular weight is 493 g/mol. The molecule has 6 nitrogen and oxygen atoms in total. The van der Waals surface area contributed by atoms with Crippen LogP contribution < -0.4 is 10.1 Å². The van der Waals surface area contributed by atoms with Crippen LogP contribution >= 0.6 is 0 Å². The van der Waals surface area contributed by atoms with Gasteiger partial charge in [0, 0.05) is 35.8 Å². The van der Waals surface area contributed by atoms with Gasteiger partial charge in [0.1, 0.15) is 11.8 Å². The number of carbonyl (C=O) groups is 2. The van der Waals surface area contributed by atoms with Gasteiger partial charge < -0.3 is 19.9 Å². The second-order valence-corrected chi connectivity index (χ2v) is 8.51. The van der Waals surface area contributed by atoms with Gasteiger partial charge in [-0.3, -0.25) is 9.59 Å². The first-order chi connectivity index (χ1) is 17.3. The van der Waals surface area contributed by atoms with Crippen molar-refractivity contribution in [3.8, 4) is 5.75 Å². The average Bonchev–Trinajstić information content (AvgIpc) is 3.40. The van der Waals surface area contributed by atoms with Crippen LogP contribution in [-0.2, 0) is 17.8 Å². The highest BCUT2D eigenvalue weighted by atomic mass is 19.4. The first-order valence-corrected chi connectivity index (χ1v) is 11.4. The Morgan fingerprint density at radius 1 is 1.00 bits per heavy atom. The summed E-state index contributed by atoms with van der Waals surface area (Å²) in [4.78, 5) is 31.3. The molecule has 0 bridgehead atoms. The van der Waals surface area contributed by atoms with Crippen LogP contribution in [0.5, 0.6) is 5.75 Å². The van der Waals surface area contributed by atoms with Crippen molar-refractivity contribution in [1.29, 1.82) is 0 Å². The maximum absolute atomic E-state index is 13.3. The molecule has 3 aromatic carbocycles. The van der Waals surface area contributed by atoms with Gasteiger partial charge in [0.2, 0.25) is 5.91 Å². The highest BCUT2D eigenvalue weighted by molar-refractivity contribution is 6.04. The number of hydrogen-bond acceptors (Lipinski definition) is 3. The van der Waals surface area contributed by atoms with Gasteiger partial charge in [-0.2, -0.15) is 0 Å². The molecule has 0 fully saturated rings. The predicted molar refractivity (Wildman–Crippen MR) is 127 cm³/mol. The second-order valence-electron chi connectivity index (χ2n) is 8.51. The van der Waals surface area contributed by atoms with Crippen molar-refractivity contribution in [2.75, 3.05) is 6.54 Å². The number of nitrogens with zero attached hydrogens (tertiary/aromatic N) is 1. The number of hydrogen-bond donors (Lipinski definition) is 2. The zero-order chi connectivity index (χ0) is 25.3. The first-order valence-electron chi connectivity index (χ1n) is 11.4. The standard InChI is InChI=1S/C27H22F3N3O3/c28-27(29,30)36-19-11-9-17(10-12-19)15-32-25(34)24-21-6-1-2-7-22(21)26(35)33(24)14-13-18-16-31-23-8-4-3-5-20(18)23/h1-12,16,24,31H,13-15H2,(H,32,34). The van der Waals surface area contributed by atoms with Crippen LogP contribution in [0.3, 0.4) is 0 Å². The fraction of sp³-hybridized carbons (Fsp3) is 0.185. The zero-order valence-electron chi connectivity index (χ0n) is 19.0. The van der Waals surface area contributed by atoms with E-state index in [1.54, 1.807) is 29.2 Å². The number of ether oxygens (including phenoxy) is 1. The number of aromatic amines is 1. The van der Waals surface area contributed by atoms with Gasteiger partial charge >= 0.3 is 6.36 Å². The lowest BCUT2D eigenvalue weighted by atomic mass is 10.0. The van der Waals surface area contributed by atoms with Crippen LogP contribution in [0.1, 0.15) is 33.1 Å². The molecule has 2 heterocycles. The molecule has 0 radical (unpaired) electrons. The van der Waals surface area contributed by atoms with E-state index in [1.165, 1.54) is 24.3 Å². The minimum atomic E-state index is -4.77. The van der Waals surface area contributed by atoms with Crippen LogP contribution in [0.25, 0.3) is 10.9 Å². The summed E-state index contributed by atoms with van der Waals surface area (Å²) in [7, 11) is 0. The number of halogens is 3. The minimum absolute atomic E-state index is 0.0915. The molecule has 1 aliphatic rings. The Bertz CT molecular complexity index is 1410. The Hall–Kier alpha value is -4.27. The minimum Gasteiger partial charge on any atom is -0.406 e. The summed E-state index contributed by atoms with van der Waals surface area (Å²) in [5.41, 5.74) is 3.78. The molecule has 1 aromatic heterocycles. The van der Waals surface area contributed by atoms with Crippen LogP contribution in [0.4, 0.5) is 13.2 Å². The van der Waals surface area contributed by atoms with Crippen molar-refractivity contribution in [3.05, 3.63) is 101 Å². The quantitative estimate of drug-likeness (QED) is 0.375. The van der Waals surface area contributed by atoms with Crippen LogP contribution in [0.2, 0.25) is 0 Å². The molecule has 1 unspecified atom stereocenters. The summed E-state index contributed by atoms with van der Waals surface area (Å²) in [6.45, 7) is 0.436. The van der Waals surface area contributed by atoms with E-state index in [0.717, 1.165) is 16.5 Å². The Labute approximate surface area is 204 Å². The van der Waals surface area contributed by atoms with E-state index >= 15 is 0 Å². The Morgan fingerprint density at radius 2 is 1.72 bits per heavy atom. The third-order valence-corrected chi connectivity index (χ3v) is 6.23. The van der Waals surface area contributed by atoms with E-state index < -0.39 is 12.4 Å². The lowest BCUT2D eigenvalue weighted by molar-refractivity contribution is -0.274. The normalized spacial score (nSPS) is 15.2. The molecule has 5 rings (SSSR count). The number of fused-ring (bicyclic) bond motifs is 2. The molecule has 1 aliphatic heterocycles. The van der Waals surface area contributed by atoms with Crippen molar-refractivity contribution in [2.45, 2.75) is 25.4 Å². The van der Waals surface area contributed by atoms with Gasteiger partial charge in [-0.1, -0.05) is 48.5 Å². The van der Waals surface area contributed by atoms with Gasteiger partial charge in [-0.05, 0) is 47.4 Å². The highest BCUT2D eigenvalue weighted by Crippen LogP contribution is 2.34. The number of benzene rings is 3. The summed E-state index contributed by atoms with van der Waals surface area (Å²) in [6.07, 6.45) is -2.29. The summed E-state index contributed by atoms with van der Waals surface area (Å²) in [5.74, 6) is -0.904. The van der Waals surface area contributed by atoms with Gasteiger partial charge in [0.15, 0.2) is 0 Å². The third kappa shape index (κ3) is 4.77. The summed E-state index contributed by atoms with van der Waals surface area (Å²) in [6, 6.07) is 19.4. The SMILES string of the molecule is O=C(NCc1ccc(OC(F)(F)F)cc1)C1c2ccccc2C(=O)N1CCc1c[nH]c2ccccc12. The Kier molecular flexibility index (Phi) is 6.13. The molecule has 0 saturated carbocycles. The van der Waals surface area contributed by atoms with Crippen LogP contribution in [-0.4, -0.2) is 34.6 Å². The van der Waals surface area contributed by atoms with Crippen molar-refractivity contribution in [1.82, 2.24) is 15.2 Å². The van der Waals surface area contributed by atoms with E-state index in [1.807, 2.05) is 30.5 Å². The van der Waals surface area contributed by atoms with Gasteiger partial charge in [0.05, 0.1) is 0 Å². The van der Waals surface area contributed by atoms with Gasteiger partial charge in [0.25, 0.3) is 5.91 Å². The molecule has 2 amide bonds. The molecule has 36 heavy (non-hydrogen) atoms. The monoisotopic (exact) mass is 493 g/mol. The third-order valence-electron chi connectivity index (χ3n) is 6.23. The lowest BCUT2D eigenvalue weighted by Crippen LogP contribution is -2.39. The number of rotatable bonds is 7. The van der Waals surface area contributed by atoms with Gasteiger partial charge in [-0.15, -0.1) is 13.2 Å². The first kappa shape index (κ1) is 23.5. The predicted octanol–water partition coefficient (Wildman–Crippen LogP) is 5.12. The molecule has 4 aromatic rings. The lowest BCUT2D eigenvalue weighted by Gasteiger charge is -2.24. The van der Waals surface area contributed by atoms with Crippen molar-refractivity contribution >= 4 is 22.7 Å². The molecule has 9 heteroatoms. The number of aromatic nitrogens is 1. The van der Waals surface area contributed by atoms with Crippen molar-refractivity contribution in [2.24, 2.45) is 0 Å². The largest absolute Gasteiger partial charge is 0.573 e. The number of alkyl halides is 3. The van der Waals surface area contributed by atoms with E-state index in [4.69, 9.17) is 0 Å². The topological polar surface area (TPSA) is 74.4 Å². The molecule has 1 atom stereocenters. The number of H-pyrrole nitrogens is 1. The number of para-hydroxylation sites is 1. The molecular formula is C27H22F3N3O3. The molecule has 0 spiro atoms. The summed E-state index contributed by atoms with van der Waals surface area (Å²) >= 11 is 0. The maximum atomic E-state index is 13.3. The van der Waals surface area contributed by atoms with E-state index in [2.05, 4.69) is 15.0 Å². The van der Waals surface area contributed by atoms with Crippen molar-refractivity contribution < 1.29 is 27.5 Å². The number of nitrogens with one attached hydrogen (secondary N) is 2. The van der Waals surface area contributed by atoms with E-state index in [0.29, 0.717) is 29.7 Å². The molecule has 0 aliphatic carbocycles. The van der Waals surface area contributed by atoms with E-state index in [9.17, 15) is 22.8 Å². The second kappa shape index (κ2) is 9.41.